The van der Waals surface area contributed by atoms with Crippen LogP contribution < -0.4 is 0 Å². The number of hydrogen-bond donors (Lipinski definition) is 1. The lowest BCUT2D eigenvalue weighted by molar-refractivity contribution is 1.40. The minimum absolute atomic E-state index is 1.04. The standard InChI is InChI=1S/C21H14N2S/c1-2-8-14(9-3-1)24-21-16-11-5-7-13-18(16)22-19-15-10-4-6-12-17(15)23-20(19)21/h1-13,23H. The van der Waals surface area contributed by atoms with Crippen LogP contribution in [0.5, 0.6) is 0 Å². The lowest BCUT2D eigenvalue weighted by Crippen LogP contribution is -1.85. The summed E-state index contributed by atoms with van der Waals surface area (Å²) in [5.41, 5.74) is 4.32. The van der Waals surface area contributed by atoms with Gasteiger partial charge in [-0.3, -0.25) is 0 Å². The first kappa shape index (κ1) is 13.6. The molecule has 2 aromatic heterocycles. The zero-order chi connectivity index (χ0) is 15.9. The maximum absolute atomic E-state index is 4.92. The third-order valence-electron chi connectivity index (χ3n) is 4.25. The number of H-pyrrole nitrogens is 1. The van der Waals surface area contributed by atoms with Crippen LogP contribution in [0, 0.1) is 0 Å². The van der Waals surface area contributed by atoms with E-state index in [-0.39, 0.29) is 0 Å². The molecule has 0 amide bonds. The molecule has 114 valence electrons. The molecule has 5 aromatic rings. The van der Waals surface area contributed by atoms with Gasteiger partial charge in [-0.2, -0.15) is 0 Å². The van der Waals surface area contributed by atoms with Crippen LogP contribution in [-0.4, -0.2) is 9.97 Å². The fraction of sp³-hybridized carbons (Fsp3) is 0. The number of benzene rings is 3. The fourth-order valence-electron chi connectivity index (χ4n) is 3.14. The average molecular weight is 326 g/mol. The Morgan fingerprint density at radius 1 is 0.708 bits per heavy atom. The van der Waals surface area contributed by atoms with Gasteiger partial charge in [0.25, 0.3) is 0 Å². The lowest BCUT2D eigenvalue weighted by atomic mass is 10.2. The molecule has 2 nitrogen and oxygen atoms in total. The summed E-state index contributed by atoms with van der Waals surface area (Å²) in [5, 5.41) is 2.36. The summed E-state index contributed by atoms with van der Waals surface area (Å²) < 4.78 is 0. The van der Waals surface area contributed by atoms with Gasteiger partial charge in [0.1, 0.15) is 0 Å². The number of rotatable bonds is 2. The normalized spacial score (nSPS) is 11.5. The Morgan fingerprint density at radius 3 is 2.29 bits per heavy atom. The molecule has 0 spiro atoms. The minimum Gasteiger partial charge on any atom is -0.352 e. The maximum Gasteiger partial charge on any atom is 0.0977 e. The topological polar surface area (TPSA) is 28.7 Å². The second-order valence-electron chi connectivity index (χ2n) is 5.77. The number of nitrogens with one attached hydrogen (secondary N) is 1. The SMILES string of the molecule is c1ccc(Sc2c3ccccc3nc3c2[nH]c2ccccc23)cc1. The van der Waals surface area contributed by atoms with E-state index >= 15 is 0 Å². The highest BCUT2D eigenvalue weighted by Gasteiger charge is 2.14. The fourth-order valence-corrected chi connectivity index (χ4v) is 4.20. The second kappa shape index (κ2) is 5.39. The molecule has 1 N–H and O–H groups in total. The Morgan fingerprint density at radius 2 is 1.42 bits per heavy atom. The number of aromatic nitrogens is 2. The molecule has 0 saturated carbocycles. The van der Waals surface area contributed by atoms with Crippen LogP contribution in [0.3, 0.4) is 0 Å². The van der Waals surface area contributed by atoms with Crippen LogP contribution in [0.4, 0.5) is 0 Å². The zero-order valence-electron chi connectivity index (χ0n) is 12.9. The summed E-state index contributed by atoms with van der Waals surface area (Å²) in [6.45, 7) is 0. The van der Waals surface area contributed by atoms with Crippen LogP contribution in [0.15, 0.2) is 88.7 Å². The Labute approximate surface area is 143 Å². The van der Waals surface area contributed by atoms with Crippen molar-refractivity contribution in [1.29, 1.82) is 0 Å². The first-order chi connectivity index (χ1) is 11.9. The van der Waals surface area contributed by atoms with Crippen LogP contribution in [-0.2, 0) is 0 Å². The number of fused-ring (bicyclic) bond motifs is 4. The number of nitrogens with zero attached hydrogens (tertiary/aromatic N) is 1. The highest BCUT2D eigenvalue weighted by Crippen LogP contribution is 2.39. The van der Waals surface area contributed by atoms with E-state index in [2.05, 4.69) is 71.7 Å². The van der Waals surface area contributed by atoms with Crippen molar-refractivity contribution >= 4 is 44.6 Å². The summed E-state index contributed by atoms with van der Waals surface area (Å²) in [7, 11) is 0. The van der Waals surface area contributed by atoms with Gasteiger partial charge in [-0.15, -0.1) is 0 Å². The summed E-state index contributed by atoms with van der Waals surface area (Å²) in [6.07, 6.45) is 0. The molecule has 3 aromatic carbocycles. The summed E-state index contributed by atoms with van der Waals surface area (Å²) in [6, 6.07) is 27.2. The Balaban J connectivity index is 1.89. The van der Waals surface area contributed by atoms with Crippen molar-refractivity contribution in [1.82, 2.24) is 9.97 Å². The van der Waals surface area contributed by atoms with E-state index in [1.807, 2.05) is 12.1 Å². The average Bonchev–Trinajstić information content (AvgIpc) is 3.01. The van der Waals surface area contributed by atoms with Gasteiger partial charge in [0.05, 0.1) is 16.6 Å². The van der Waals surface area contributed by atoms with Crippen molar-refractivity contribution in [3.05, 3.63) is 78.9 Å². The van der Waals surface area contributed by atoms with E-state index in [0.29, 0.717) is 0 Å². The van der Waals surface area contributed by atoms with Gasteiger partial charge in [-0.05, 0) is 24.3 Å². The highest BCUT2D eigenvalue weighted by molar-refractivity contribution is 7.99. The molecule has 0 aliphatic carbocycles. The molecule has 0 unspecified atom stereocenters. The molecule has 0 atom stereocenters. The van der Waals surface area contributed by atoms with Crippen molar-refractivity contribution in [2.45, 2.75) is 9.79 Å². The van der Waals surface area contributed by atoms with Gasteiger partial charge < -0.3 is 4.98 Å². The van der Waals surface area contributed by atoms with E-state index in [4.69, 9.17) is 4.98 Å². The van der Waals surface area contributed by atoms with Gasteiger partial charge in [0, 0.05) is 26.1 Å². The van der Waals surface area contributed by atoms with Gasteiger partial charge in [-0.1, -0.05) is 66.4 Å². The predicted octanol–water partition coefficient (Wildman–Crippen LogP) is 6.02. The number of para-hydroxylation sites is 2. The minimum atomic E-state index is 1.04. The molecular formula is C21H14N2S. The molecule has 0 fully saturated rings. The molecule has 3 heteroatoms. The Bertz CT molecular complexity index is 1180. The zero-order valence-corrected chi connectivity index (χ0v) is 13.7. The maximum atomic E-state index is 4.92. The van der Waals surface area contributed by atoms with Crippen molar-refractivity contribution in [3.63, 3.8) is 0 Å². The van der Waals surface area contributed by atoms with E-state index in [0.717, 1.165) is 22.1 Å². The quantitative estimate of drug-likeness (QED) is 0.429. The third-order valence-corrected chi connectivity index (χ3v) is 5.39. The number of pyridine rings is 1. The van der Waals surface area contributed by atoms with E-state index in [1.54, 1.807) is 11.8 Å². The number of aromatic amines is 1. The lowest BCUT2D eigenvalue weighted by Gasteiger charge is -2.08. The molecule has 0 aliphatic rings. The number of hydrogen-bond acceptors (Lipinski definition) is 2. The van der Waals surface area contributed by atoms with Crippen LogP contribution >= 0.6 is 11.8 Å². The second-order valence-corrected chi connectivity index (χ2v) is 6.85. The van der Waals surface area contributed by atoms with Gasteiger partial charge in [-0.25, -0.2) is 4.98 Å². The molecular weight excluding hydrogens is 312 g/mol. The van der Waals surface area contributed by atoms with Crippen LogP contribution in [0.1, 0.15) is 0 Å². The molecule has 0 saturated heterocycles. The summed E-state index contributed by atoms with van der Waals surface area (Å²) >= 11 is 1.79. The highest BCUT2D eigenvalue weighted by atomic mass is 32.2. The van der Waals surface area contributed by atoms with Crippen LogP contribution in [0.2, 0.25) is 0 Å². The van der Waals surface area contributed by atoms with Crippen molar-refractivity contribution in [3.8, 4) is 0 Å². The van der Waals surface area contributed by atoms with Gasteiger partial charge in [0.15, 0.2) is 0 Å². The smallest absolute Gasteiger partial charge is 0.0977 e. The largest absolute Gasteiger partial charge is 0.352 e. The molecule has 0 radical (unpaired) electrons. The third kappa shape index (κ3) is 2.09. The molecule has 2 heterocycles. The van der Waals surface area contributed by atoms with Gasteiger partial charge in [0.2, 0.25) is 0 Å². The van der Waals surface area contributed by atoms with E-state index < -0.39 is 0 Å². The Kier molecular flexibility index (Phi) is 3.06. The van der Waals surface area contributed by atoms with E-state index in [9.17, 15) is 0 Å². The first-order valence-electron chi connectivity index (χ1n) is 7.92. The molecule has 5 rings (SSSR count). The van der Waals surface area contributed by atoms with Crippen LogP contribution in [0.25, 0.3) is 32.8 Å². The van der Waals surface area contributed by atoms with Gasteiger partial charge >= 0.3 is 0 Å². The van der Waals surface area contributed by atoms with Crippen molar-refractivity contribution in [2.24, 2.45) is 0 Å². The summed E-state index contributed by atoms with van der Waals surface area (Å²) in [5.74, 6) is 0. The van der Waals surface area contributed by atoms with Crippen molar-refractivity contribution < 1.29 is 0 Å². The molecule has 0 bridgehead atoms. The first-order valence-corrected chi connectivity index (χ1v) is 8.74. The van der Waals surface area contributed by atoms with Crippen molar-refractivity contribution in [2.75, 3.05) is 0 Å². The summed E-state index contributed by atoms with van der Waals surface area (Å²) in [4.78, 5) is 11.0. The van der Waals surface area contributed by atoms with E-state index in [1.165, 1.54) is 20.6 Å². The predicted molar refractivity (Wildman–Crippen MR) is 102 cm³/mol. The molecule has 24 heavy (non-hydrogen) atoms. The molecule has 0 aliphatic heterocycles. The Hall–Kier alpha value is -2.78. The monoisotopic (exact) mass is 326 g/mol.